The summed E-state index contributed by atoms with van der Waals surface area (Å²) in [6.07, 6.45) is 31.4. The quantitative estimate of drug-likeness (QED) is 0.0440. The highest BCUT2D eigenvalue weighted by atomic mass is 31.2. The van der Waals surface area contributed by atoms with Gasteiger partial charge in [-0.1, -0.05) is 162 Å². The number of likely N-dealkylation sites (N-methyl/N-ethyl adjacent to an activating group) is 2. The Morgan fingerprint density at radius 2 is 0.754 bits per heavy atom. The molecule has 0 spiro atoms. The highest BCUT2D eigenvalue weighted by molar-refractivity contribution is 7.52. The SMILES string of the molecule is CCCCCCCCCCCCN1CCN(C)C1=NP(=O)(OC)OCCCOP(=O)(N=C1N(C)CCN1CCCCCCCCCCCC)OCCCCCCC. The van der Waals surface area contributed by atoms with Gasteiger partial charge in [0.05, 0.1) is 19.8 Å². The predicted octanol–water partition coefficient (Wildman–Crippen LogP) is 12.3. The molecule has 2 saturated heterocycles. The molecule has 12 nitrogen and oxygen atoms in total. The number of guanidine groups is 2. The summed E-state index contributed by atoms with van der Waals surface area (Å²) in [5.74, 6) is 1.34. The van der Waals surface area contributed by atoms with Gasteiger partial charge in [-0.2, -0.15) is 0 Å². The second-order valence-corrected chi connectivity index (χ2v) is 19.8. The molecule has 0 aliphatic carbocycles. The Hall–Kier alpha value is -1.16. The second kappa shape index (κ2) is 32.6. The van der Waals surface area contributed by atoms with E-state index in [-0.39, 0.29) is 13.2 Å². The van der Waals surface area contributed by atoms with Crippen LogP contribution in [0, 0.1) is 0 Å². The summed E-state index contributed by atoms with van der Waals surface area (Å²) in [5.41, 5.74) is 0. The minimum atomic E-state index is -3.81. The lowest BCUT2D eigenvalue weighted by Crippen LogP contribution is -2.32. The Morgan fingerprint density at radius 3 is 1.14 bits per heavy atom. The fourth-order valence-corrected chi connectivity index (χ4v) is 9.96. The Kier molecular flexibility index (Phi) is 29.7. The van der Waals surface area contributed by atoms with Crippen LogP contribution in [0.4, 0.5) is 0 Å². The molecule has 336 valence electrons. The third kappa shape index (κ3) is 23.4. The number of nitrogens with zero attached hydrogens (tertiary/aromatic N) is 6. The van der Waals surface area contributed by atoms with Gasteiger partial charge in [0, 0.05) is 60.5 Å². The van der Waals surface area contributed by atoms with E-state index in [0.29, 0.717) is 24.9 Å². The molecule has 57 heavy (non-hydrogen) atoms. The molecule has 0 aromatic heterocycles. The van der Waals surface area contributed by atoms with Crippen molar-refractivity contribution in [3.05, 3.63) is 0 Å². The summed E-state index contributed by atoms with van der Waals surface area (Å²) in [6.45, 7) is 12.3. The van der Waals surface area contributed by atoms with Crippen LogP contribution in [-0.4, -0.2) is 112 Å². The van der Waals surface area contributed by atoms with Gasteiger partial charge in [0.25, 0.3) is 0 Å². The van der Waals surface area contributed by atoms with Gasteiger partial charge < -0.3 is 19.6 Å². The zero-order valence-corrected chi connectivity index (χ0v) is 39.6. The van der Waals surface area contributed by atoms with Gasteiger partial charge in [-0.15, -0.1) is 9.53 Å². The largest absolute Gasteiger partial charge is 0.457 e. The van der Waals surface area contributed by atoms with Gasteiger partial charge in [0.15, 0.2) is 0 Å². The molecular formula is C43H88N6O6P2. The molecule has 2 unspecified atom stereocenters. The minimum absolute atomic E-state index is 0.0718. The monoisotopic (exact) mass is 847 g/mol. The van der Waals surface area contributed by atoms with Crippen LogP contribution < -0.4 is 0 Å². The van der Waals surface area contributed by atoms with E-state index >= 15 is 0 Å². The predicted molar refractivity (Wildman–Crippen MR) is 240 cm³/mol. The van der Waals surface area contributed by atoms with Gasteiger partial charge in [0.2, 0.25) is 11.9 Å². The van der Waals surface area contributed by atoms with Gasteiger partial charge in [-0.3, -0.25) is 18.1 Å². The fraction of sp³-hybridized carbons (Fsp3) is 0.953. The molecule has 2 atom stereocenters. The average molecular weight is 847 g/mol. The van der Waals surface area contributed by atoms with Crippen LogP contribution in [0.2, 0.25) is 0 Å². The van der Waals surface area contributed by atoms with Crippen LogP contribution in [0.1, 0.15) is 188 Å². The third-order valence-electron chi connectivity index (χ3n) is 11.2. The molecule has 2 aliphatic heterocycles. The van der Waals surface area contributed by atoms with Gasteiger partial charge in [-0.25, -0.2) is 9.13 Å². The lowest BCUT2D eigenvalue weighted by Gasteiger charge is -2.23. The summed E-state index contributed by atoms with van der Waals surface area (Å²) in [6, 6.07) is 0. The lowest BCUT2D eigenvalue weighted by molar-refractivity contribution is 0.178. The van der Waals surface area contributed by atoms with Crippen molar-refractivity contribution in [3.8, 4) is 0 Å². The molecule has 0 aromatic carbocycles. The van der Waals surface area contributed by atoms with E-state index in [9.17, 15) is 9.13 Å². The van der Waals surface area contributed by atoms with Crippen molar-refractivity contribution in [2.75, 3.05) is 80.3 Å². The second-order valence-electron chi connectivity index (χ2n) is 16.4. The highest BCUT2D eigenvalue weighted by Crippen LogP contribution is 2.52. The van der Waals surface area contributed by atoms with Crippen molar-refractivity contribution in [3.63, 3.8) is 0 Å². The maximum atomic E-state index is 14.2. The first-order chi connectivity index (χ1) is 27.7. The molecule has 2 aliphatic rings. The van der Waals surface area contributed by atoms with Crippen molar-refractivity contribution in [2.45, 2.75) is 188 Å². The molecule has 2 heterocycles. The molecule has 2 rings (SSSR count). The number of rotatable bonds is 38. The van der Waals surface area contributed by atoms with Crippen LogP contribution in [0.5, 0.6) is 0 Å². The van der Waals surface area contributed by atoms with E-state index in [1.807, 2.05) is 23.9 Å². The molecule has 0 saturated carbocycles. The first-order valence-corrected chi connectivity index (χ1v) is 26.5. The molecule has 0 aromatic rings. The maximum absolute atomic E-state index is 14.2. The molecule has 0 amide bonds. The summed E-state index contributed by atoms with van der Waals surface area (Å²) in [5, 5.41) is 0. The van der Waals surface area contributed by atoms with E-state index in [1.165, 1.54) is 129 Å². The molecular weight excluding hydrogens is 758 g/mol. The maximum Gasteiger partial charge on any atom is 0.457 e. The van der Waals surface area contributed by atoms with Gasteiger partial charge in [0.1, 0.15) is 0 Å². The van der Waals surface area contributed by atoms with E-state index in [2.05, 4.69) is 35.3 Å². The first-order valence-electron chi connectivity index (χ1n) is 23.5. The van der Waals surface area contributed by atoms with Crippen LogP contribution >= 0.6 is 15.5 Å². The fourth-order valence-electron chi connectivity index (χ4n) is 7.45. The number of hydrogen-bond acceptors (Lipinski definition) is 6. The molecule has 2 fully saturated rings. The van der Waals surface area contributed by atoms with Crippen molar-refractivity contribution >= 4 is 27.4 Å². The van der Waals surface area contributed by atoms with Crippen LogP contribution in [0.25, 0.3) is 0 Å². The summed E-state index contributed by atoms with van der Waals surface area (Å²) in [7, 11) is -2.24. The topological polar surface area (TPSA) is 109 Å². The highest BCUT2D eigenvalue weighted by Gasteiger charge is 2.33. The minimum Gasteiger partial charge on any atom is -0.344 e. The van der Waals surface area contributed by atoms with Crippen molar-refractivity contribution in [2.24, 2.45) is 9.53 Å². The Balaban J connectivity index is 1.89. The van der Waals surface area contributed by atoms with Crippen LogP contribution in [-0.2, 0) is 27.2 Å². The van der Waals surface area contributed by atoms with Crippen molar-refractivity contribution in [1.82, 2.24) is 19.6 Å². The molecule has 14 heteroatoms. The first kappa shape index (κ1) is 52.0. The Morgan fingerprint density at radius 1 is 0.439 bits per heavy atom. The Bertz CT molecular complexity index is 1160. The molecule has 0 radical (unpaired) electrons. The zero-order valence-electron chi connectivity index (χ0n) is 37.8. The summed E-state index contributed by atoms with van der Waals surface area (Å²) >= 11 is 0. The molecule has 0 N–H and O–H groups in total. The van der Waals surface area contributed by atoms with Crippen molar-refractivity contribution < 1.29 is 27.2 Å². The van der Waals surface area contributed by atoms with E-state index in [0.717, 1.165) is 77.8 Å². The average Bonchev–Trinajstić information content (AvgIpc) is 3.73. The van der Waals surface area contributed by atoms with Gasteiger partial charge >= 0.3 is 15.5 Å². The molecule has 0 bridgehead atoms. The number of hydrogen-bond donors (Lipinski definition) is 0. The van der Waals surface area contributed by atoms with E-state index in [1.54, 1.807) is 0 Å². The third-order valence-corrected chi connectivity index (χ3v) is 14.0. The summed E-state index contributed by atoms with van der Waals surface area (Å²) in [4.78, 5) is 8.48. The van der Waals surface area contributed by atoms with E-state index < -0.39 is 15.5 Å². The normalized spacial score (nSPS) is 18.4. The lowest BCUT2D eigenvalue weighted by atomic mass is 10.1. The Labute approximate surface area is 350 Å². The standard InChI is InChI=1S/C43H88N6O6P2/c1-7-10-13-16-18-20-22-24-26-29-33-48-37-35-46(4)42(48)44-56(50,52-6)53-40-32-41-55-57(51,54-39-31-28-15-12-9-3)45-43-47(5)36-38-49(43)34-30-27-25-23-21-19-17-14-11-8-2/h7-41H2,1-6H3. The zero-order chi connectivity index (χ0) is 41.5. The van der Waals surface area contributed by atoms with Crippen molar-refractivity contribution in [1.29, 1.82) is 0 Å². The summed E-state index contributed by atoms with van der Waals surface area (Å²) < 4.78 is 60.2. The smallest absolute Gasteiger partial charge is 0.344 e. The number of unbranched alkanes of at least 4 members (excludes halogenated alkanes) is 22. The van der Waals surface area contributed by atoms with Crippen LogP contribution in [0.15, 0.2) is 9.53 Å². The van der Waals surface area contributed by atoms with E-state index in [4.69, 9.17) is 22.9 Å². The van der Waals surface area contributed by atoms with Crippen LogP contribution in [0.3, 0.4) is 0 Å². The van der Waals surface area contributed by atoms with Gasteiger partial charge in [-0.05, 0) is 25.7 Å².